The maximum atomic E-state index is 12.3. The number of carbonyl (C=O) groups excluding carboxylic acids is 1. The predicted octanol–water partition coefficient (Wildman–Crippen LogP) is 1.40. The van der Waals surface area contributed by atoms with Crippen LogP contribution in [0.2, 0.25) is 0 Å². The molecule has 100 valence electrons. The summed E-state index contributed by atoms with van der Waals surface area (Å²) in [7, 11) is 0. The van der Waals surface area contributed by atoms with Gasteiger partial charge in [0.1, 0.15) is 12.2 Å². The Labute approximate surface area is 106 Å². The van der Waals surface area contributed by atoms with Crippen molar-refractivity contribution in [1.29, 1.82) is 0 Å². The lowest BCUT2D eigenvalue weighted by atomic mass is 10.3. The molecule has 0 aliphatic rings. The Morgan fingerprint density at radius 2 is 2.17 bits per heavy atom. The topological polar surface area (TPSA) is 75.4 Å². The van der Waals surface area contributed by atoms with E-state index in [4.69, 9.17) is 5.11 Å². The average Bonchev–Trinajstić information content (AvgIpc) is 2.75. The zero-order valence-corrected chi connectivity index (χ0v) is 11.0. The minimum absolute atomic E-state index is 0.0623. The van der Waals surface area contributed by atoms with Crippen molar-refractivity contribution in [2.24, 2.45) is 0 Å². The monoisotopic (exact) mass is 253 g/mol. The normalized spacial score (nSPS) is 10.7. The molecule has 0 unspecified atom stereocenters. The number of carboxylic acid groups (broad SMARTS) is 1. The van der Waals surface area contributed by atoms with Gasteiger partial charge in [0.2, 0.25) is 0 Å². The molecule has 1 amide bonds. The molecule has 0 aliphatic heterocycles. The molecule has 0 bridgehead atoms. The van der Waals surface area contributed by atoms with E-state index in [0.29, 0.717) is 12.2 Å². The lowest BCUT2D eigenvalue weighted by Crippen LogP contribution is -2.37. The minimum atomic E-state index is -1.01. The summed E-state index contributed by atoms with van der Waals surface area (Å²) in [5.41, 5.74) is 0.430. The van der Waals surface area contributed by atoms with E-state index in [1.807, 2.05) is 20.8 Å². The van der Waals surface area contributed by atoms with Crippen molar-refractivity contribution in [3.05, 3.63) is 18.0 Å². The average molecular weight is 253 g/mol. The molecule has 6 heteroatoms. The van der Waals surface area contributed by atoms with Crippen LogP contribution in [0.25, 0.3) is 0 Å². The van der Waals surface area contributed by atoms with E-state index in [1.165, 1.54) is 4.90 Å². The van der Waals surface area contributed by atoms with Gasteiger partial charge in [0.25, 0.3) is 5.91 Å². The van der Waals surface area contributed by atoms with Crippen LogP contribution in [0.5, 0.6) is 0 Å². The van der Waals surface area contributed by atoms with Crippen molar-refractivity contribution in [2.75, 3.05) is 13.1 Å². The van der Waals surface area contributed by atoms with Gasteiger partial charge in [0, 0.05) is 18.8 Å². The Morgan fingerprint density at radius 3 is 2.67 bits per heavy atom. The Morgan fingerprint density at radius 1 is 1.50 bits per heavy atom. The molecule has 1 aromatic rings. The van der Waals surface area contributed by atoms with E-state index in [1.54, 1.807) is 16.9 Å². The van der Waals surface area contributed by atoms with Crippen LogP contribution in [-0.2, 0) is 4.79 Å². The molecule has 1 rings (SSSR count). The van der Waals surface area contributed by atoms with Crippen LogP contribution in [0.3, 0.4) is 0 Å². The van der Waals surface area contributed by atoms with Crippen molar-refractivity contribution < 1.29 is 14.7 Å². The van der Waals surface area contributed by atoms with E-state index in [0.717, 1.165) is 6.42 Å². The number of carboxylic acids is 1. The molecule has 0 saturated carbocycles. The molecule has 1 aromatic heterocycles. The molecule has 18 heavy (non-hydrogen) atoms. The third kappa shape index (κ3) is 3.32. The second-order valence-electron chi connectivity index (χ2n) is 4.38. The van der Waals surface area contributed by atoms with Gasteiger partial charge in [-0.05, 0) is 26.3 Å². The smallest absolute Gasteiger partial charge is 0.323 e. The molecule has 6 nitrogen and oxygen atoms in total. The van der Waals surface area contributed by atoms with Crippen molar-refractivity contribution in [1.82, 2.24) is 14.7 Å². The van der Waals surface area contributed by atoms with Gasteiger partial charge in [-0.2, -0.15) is 5.10 Å². The minimum Gasteiger partial charge on any atom is -0.480 e. The summed E-state index contributed by atoms with van der Waals surface area (Å²) >= 11 is 0. The largest absolute Gasteiger partial charge is 0.480 e. The molecular weight excluding hydrogens is 234 g/mol. The van der Waals surface area contributed by atoms with Crippen LogP contribution in [0, 0.1) is 0 Å². The van der Waals surface area contributed by atoms with Crippen molar-refractivity contribution in [3.63, 3.8) is 0 Å². The number of carbonyl (C=O) groups is 2. The number of aliphatic carboxylic acids is 1. The zero-order valence-electron chi connectivity index (χ0n) is 11.0. The molecule has 0 saturated heterocycles. The van der Waals surface area contributed by atoms with Crippen LogP contribution in [-0.4, -0.2) is 44.8 Å². The Kier molecular flexibility index (Phi) is 4.88. The van der Waals surface area contributed by atoms with Gasteiger partial charge in [-0.1, -0.05) is 6.92 Å². The number of amides is 1. The molecule has 0 fully saturated rings. The summed E-state index contributed by atoms with van der Waals surface area (Å²) in [6.07, 6.45) is 2.27. The fraction of sp³-hybridized carbons (Fsp3) is 0.583. The first-order chi connectivity index (χ1) is 8.47. The highest BCUT2D eigenvalue weighted by Crippen LogP contribution is 2.11. The first kappa shape index (κ1) is 14.2. The number of nitrogens with zero attached hydrogens (tertiary/aromatic N) is 3. The maximum Gasteiger partial charge on any atom is 0.323 e. The molecule has 1 heterocycles. The lowest BCUT2D eigenvalue weighted by Gasteiger charge is -2.21. The standard InChI is InChI=1S/C12H19N3O3/c1-4-7-14(8-11(16)17)12(18)10-5-6-13-15(10)9(2)3/h5-6,9H,4,7-8H2,1-3H3,(H,16,17). The Balaban J connectivity index is 2.94. The number of aromatic nitrogens is 2. The Bertz CT molecular complexity index is 426. The van der Waals surface area contributed by atoms with Crippen LogP contribution in [0.1, 0.15) is 43.7 Å². The highest BCUT2D eigenvalue weighted by Gasteiger charge is 2.21. The van der Waals surface area contributed by atoms with E-state index in [9.17, 15) is 9.59 Å². The number of hydrogen-bond acceptors (Lipinski definition) is 3. The van der Waals surface area contributed by atoms with Gasteiger partial charge in [-0.15, -0.1) is 0 Å². The fourth-order valence-electron chi connectivity index (χ4n) is 1.74. The first-order valence-electron chi connectivity index (χ1n) is 6.02. The summed E-state index contributed by atoms with van der Waals surface area (Å²) < 4.78 is 1.60. The molecule has 0 spiro atoms. The number of rotatable bonds is 6. The predicted molar refractivity (Wildman–Crippen MR) is 66.4 cm³/mol. The molecule has 1 N–H and O–H groups in total. The molecule has 0 atom stereocenters. The van der Waals surface area contributed by atoms with Gasteiger partial charge in [-0.3, -0.25) is 14.3 Å². The summed E-state index contributed by atoms with van der Waals surface area (Å²) in [6.45, 7) is 5.89. The zero-order chi connectivity index (χ0) is 13.7. The van der Waals surface area contributed by atoms with Crippen LogP contribution >= 0.6 is 0 Å². The number of hydrogen-bond donors (Lipinski definition) is 1. The fourth-order valence-corrected chi connectivity index (χ4v) is 1.74. The second-order valence-corrected chi connectivity index (χ2v) is 4.38. The van der Waals surface area contributed by atoms with Gasteiger partial charge >= 0.3 is 5.97 Å². The van der Waals surface area contributed by atoms with Gasteiger partial charge in [-0.25, -0.2) is 0 Å². The van der Waals surface area contributed by atoms with Crippen molar-refractivity contribution >= 4 is 11.9 Å². The summed E-state index contributed by atoms with van der Waals surface area (Å²) in [6, 6.07) is 1.68. The van der Waals surface area contributed by atoms with E-state index >= 15 is 0 Å². The molecule has 0 aliphatic carbocycles. The van der Waals surface area contributed by atoms with Crippen molar-refractivity contribution in [3.8, 4) is 0 Å². The van der Waals surface area contributed by atoms with Crippen LogP contribution in [0.15, 0.2) is 12.3 Å². The van der Waals surface area contributed by atoms with Gasteiger partial charge in [0.15, 0.2) is 0 Å². The summed E-state index contributed by atoms with van der Waals surface area (Å²) in [5.74, 6) is -1.29. The summed E-state index contributed by atoms with van der Waals surface area (Å²) in [4.78, 5) is 24.4. The molecular formula is C12H19N3O3. The SMILES string of the molecule is CCCN(CC(=O)O)C(=O)c1ccnn1C(C)C. The quantitative estimate of drug-likeness (QED) is 0.831. The lowest BCUT2D eigenvalue weighted by molar-refractivity contribution is -0.137. The van der Waals surface area contributed by atoms with Gasteiger partial charge in [0.05, 0.1) is 0 Å². The molecule has 0 radical (unpaired) electrons. The van der Waals surface area contributed by atoms with Crippen molar-refractivity contribution in [2.45, 2.75) is 33.2 Å². The van der Waals surface area contributed by atoms with E-state index < -0.39 is 5.97 Å². The Hall–Kier alpha value is -1.85. The highest BCUT2D eigenvalue weighted by atomic mass is 16.4. The third-order valence-electron chi connectivity index (χ3n) is 2.49. The second kappa shape index (κ2) is 6.18. The highest BCUT2D eigenvalue weighted by molar-refractivity contribution is 5.94. The van der Waals surface area contributed by atoms with Gasteiger partial charge < -0.3 is 10.0 Å². The van der Waals surface area contributed by atoms with E-state index in [-0.39, 0.29) is 18.5 Å². The van der Waals surface area contributed by atoms with Crippen LogP contribution in [0.4, 0.5) is 0 Å². The summed E-state index contributed by atoms with van der Waals surface area (Å²) in [5, 5.41) is 12.9. The first-order valence-corrected chi connectivity index (χ1v) is 6.02. The van der Waals surface area contributed by atoms with E-state index in [2.05, 4.69) is 5.10 Å². The van der Waals surface area contributed by atoms with Crippen LogP contribution < -0.4 is 0 Å². The molecule has 0 aromatic carbocycles. The third-order valence-corrected chi connectivity index (χ3v) is 2.49. The maximum absolute atomic E-state index is 12.3.